The number of benzene rings is 1. The lowest BCUT2D eigenvalue weighted by Gasteiger charge is -2.26. The summed E-state index contributed by atoms with van der Waals surface area (Å²) in [4.78, 5) is 13.1. The first-order chi connectivity index (χ1) is 9.90. The molecule has 0 saturated carbocycles. The van der Waals surface area contributed by atoms with Crippen LogP contribution < -0.4 is 0 Å². The van der Waals surface area contributed by atoms with E-state index < -0.39 is 15.8 Å². The zero-order chi connectivity index (χ0) is 15.5. The SMILES string of the molecule is O=C(O)c1ccc(S(=O)(=O)CCN2CCCCC2)cc1Cl. The van der Waals surface area contributed by atoms with Gasteiger partial charge in [0, 0.05) is 6.54 Å². The summed E-state index contributed by atoms with van der Waals surface area (Å²) in [5.74, 6) is -1.15. The molecule has 2 rings (SSSR count). The summed E-state index contributed by atoms with van der Waals surface area (Å²) in [7, 11) is -3.44. The second-order valence-corrected chi connectivity index (χ2v) is 7.68. The van der Waals surface area contributed by atoms with Crippen molar-refractivity contribution in [2.24, 2.45) is 0 Å². The number of rotatable bonds is 5. The fraction of sp³-hybridized carbons (Fsp3) is 0.500. The van der Waals surface area contributed by atoms with E-state index in [2.05, 4.69) is 4.90 Å². The molecule has 0 aliphatic carbocycles. The van der Waals surface area contributed by atoms with E-state index in [1.54, 1.807) is 0 Å². The van der Waals surface area contributed by atoms with E-state index in [1.165, 1.54) is 24.6 Å². The van der Waals surface area contributed by atoms with Gasteiger partial charge in [0.15, 0.2) is 9.84 Å². The molecule has 1 saturated heterocycles. The van der Waals surface area contributed by atoms with Gasteiger partial charge in [-0.1, -0.05) is 18.0 Å². The Bertz CT molecular complexity index is 624. The van der Waals surface area contributed by atoms with E-state index in [4.69, 9.17) is 16.7 Å². The molecule has 5 nitrogen and oxygen atoms in total. The molecule has 116 valence electrons. The van der Waals surface area contributed by atoms with Gasteiger partial charge in [0.1, 0.15) is 0 Å². The maximum absolute atomic E-state index is 12.3. The highest BCUT2D eigenvalue weighted by Crippen LogP contribution is 2.22. The van der Waals surface area contributed by atoms with Crippen molar-refractivity contribution < 1.29 is 18.3 Å². The lowest BCUT2D eigenvalue weighted by molar-refractivity contribution is 0.0697. The van der Waals surface area contributed by atoms with E-state index in [9.17, 15) is 13.2 Å². The highest BCUT2D eigenvalue weighted by Gasteiger charge is 2.20. The Balaban J connectivity index is 2.08. The Hall–Kier alpha value is -1.11. The molecule has 1 fully saturated rings. The van der Waals surface area contributed by atoms with Crippen LogP contribution in [0.5, 0.6) is 0 Å². The lowest BCUT2D eigenvalue weighted by atomic mass is 10.1. The molecule has 0 bridgehead atoms. The van der Waals surface area contributed by atoms with Gasteiger partial charge in [-0.25, -0.2) is 13.2 Å². The highest BCUT2D eigenvalue weighted by atomic mass is 35.5. The number of carbonyl (C=O) groups is 1. The number of halogens is 1. The normalized spacial score (nSPS) is 16.8. The van der Waals surface area contributed by atoms with Crippen LogP contribution in [0.25, 0.3) is 0 Å². The average Bonchev–Trinajstić information content (AvgIpc) is 2.46. The molecule has 7 heteroatoms. The summed E-state index contributed by atoms with van der Waals surface area (Å²) < 4.78 is 24.6. The number of sulfone groups is 1. The molecule has 1 aliphatic heterocycles. The minimum absolute atomic E-state index is 0.0236. The zero-order valence-electron chi connectivity index (χ0n) is 11.6. The van der Waals surface area contributed by atoms with Crippen LogP contribution in [0.3, 0.4) is 0 Å². The van der Waals surface area contributed by atoms with Crippen LogP contribution in [0.4, 0.5) is 0 Å². The van der Waals surface area contributed by atoms with Crippen LogP contribution in [-0.2, 0) is 9.84 Å². The third kappa shape index (κ3) is 4.18. The molecule has 0 atom stereocenters. The van der Waals surface area contributed by atoms with Gasteiger partial charge in [0.2, 0.25) is 0 Å². The number of carboxylic acids is 1. The quantitative estimate of drug-likeness (QED) is 0.896. The fourth-order valence-electron chi connectivity index (χ4n) is 2.41. The fourth-order valence-corrected chi connectivity index (χ4v) is 4.05. The molecular weight excluding hydrogens is 314 g/mol. The maximum Gasteiger partial charge on any atom is 0.337 e. The van der Waals surface area contributed by atoms with Gasteiger partial charge < -0.3 is 10.0 Å². The number of nitrogens with zero attached hydrogens (tertiary/aromatic N) is 1. The van der Waals surface area contributed by atoms with Crippen molar-refractivity contribution in [1.29, 1.82) is 0 Å². The first-order valence-corrected chi connectivity index (χ1v) is 8.91. The third-order valence-electron chi connectivity index (χ3n) is 3.66. The Labute approximate surface area is 129 Å². The summed E-state index contributed by atoms with van der Waals surface area (Å²) >= 11 is 5.82. The predicted octanol–water partition coefficient (Wildman–Crippen LogP) is 2.30. The Morgan fingerprint density at radius 2 is 1.90 bits per heavy atom. The number of hydrogen-bond acceptors (Lipinski definition) is 4. The van der Waals surface area contributed by atoms with E-state index in [0.717, 1.165) is 25.9 Å². The monoisotopic (exact) mass is 331 g/mol. The van der Waals surface area contributed by atoms with Gasteiger partial charge in [-0.15, -0.1) is 0 Å². The van der Waals surface area contributed by atoms with E-state index in [-0.39, 0.29) is 21.2 Å². The van der Waals surface area contributed by atoms with Gasteiger partial charge in [0.05, 0.1) is 21.2 Å². The lowest BCUT2D eigenvalue weighted by Crippen LogP contribution is -2.33. The van der Waals surface area contributed by atoms with Crippen molar-refractivity contribution in [3.8, 4) is 0 Å². The van der Waals surface area contributed by atoms with Gasteiger partial charge in [-0.2, -0.15) is 0 Å². The molecular formula is C14H18ClNO4S. The summed E-state index contributed by atoms with van der Waals surface area (Å²) in [5, 5.41) is 8.84. The number of aromatic carboxylic acids is 1. The topological polar surface area (TPSA) is 74.7 Å². The van der Waals surface area contributed by atoms with Crippen LogP contribution in [0, 0.1) is 0 Å². The van der Waals surface area contributed by atoms with E-state index >= 15 is 0 Å². The molecule has 1 N–H and O–H groups in total. The molecule has 0 unspecified atom stereocenters. The molecule has 1 heterocycles. The zero-order valence-corrected chi connectivity index (χ0v) is 13.2. The van der Waals surface area contributed by atoms with Crippen molar-refractivity contribution >= 4 is 27.4 Å². The molecule has 0 amide bonds. The van der Waals surface area contributed by atoms with Crippen molar-refractivity contribution in [1.82, 2.24) is 4.90 Å². The van der Waals surface area contributed by atoms with E-state index in [0.29, 0.717) is 6.54 Å². The van der Waals surface area contributed by atoms with Crippen LogP contribution in [0.2, 0.25) is 5.02 Å². The maximum atomic E-state index is 12.3. The minimum atomic E-state index is -3.44. The average molecular weight is 332 g/mol. The van der Waals surface area contributed by atoms with Crippen LogP contribution in [0.15, 0.2) is 23.1 Å². The van der Waals surface area contributed by atoms with Crippen molar-refractivity contribution in [2.75, 3.05) is 25.4 Å². The molecule has 1 aromatic rings. The van der Waals surface area contributed by atoms with Crippen LogP contribution in [-0.4, -0.2) is 49.8 Å². The number of piperidine rings is 1. The number of likely N-dealkylation sites (tertiary alicyclic amines) is 1. The first kappa shape index (κ1) is 16.3. The summed E-state index contributed by atoms with van der Waals surface area (Å²) in [6.45, 7) is 2.38. The number of hydrogen-bond donors (Lipinski definition) is 1. The highest BCUT2D eigenvalue weighted by molar-refractivity contribution is 7.91. The van der Waals surface area contributed by atoms with Crippen molar-refractivity contribution in [3.63, 3.8) is 0 Å². The summed E-state index contributed by atoms with van der Waals surface area (Å²) in [6.07, 6.45) is 3.42. The van der Waals surface area contributed by atoms with Gasteiger partial charge in [-0.3, -0.25) is 0 Å². The van der Waals surface area contributed by atoms with Crippen LogP contribution in [0.1, 0.15) is 29.6 Å². The Kier molecular flexibility index (Phi) is 5.24. The van der Waals surface area contributed by atoms with E-state index in [1.807, 2.05) is 0 Å². The van der Waals surface area contributed by atoms with Gasteiger partial charge >= 0.3 is 5.97 Å². The minimum Gasteiger partial charge on any atom is -0.478 e. The third-order valence-corrected chi connectivity index (χ3v) is 5.66. The van der Waals surface area contributed by atoms with Gasteiger partial charge in [0.25, 0.3) is 0 Å². The van der Waals surface area contributed by atoms with Gasteiger partial charge in [-0.05, 0) is 44.1 Å². The standard InChI is InChI=1S/C14H18ClNO4S/c15-13-10-11(4-5-12(13)14(17)18)21(19,20)9-8-16-6-2-1-3-7-16/h4-5,10H,1-3,6-9H2,(H,17,18). The van der Waals surface area contributed by atoms with Crippen molar-refractivity contribution in [3.05, 3.63) is 28.8 Å². The largest absolute Gasteiger partial charge is 0.478 e. The molecule has 1 aliphatic rings. The summed E-state index contributed by atoms with van der Waals surface area (Å²) in [6, 6.07) is 3.76. The Morgan fingerprint density at radius 3 is 2.48 bits per heavy atom. The second kappa shape index (κ2) is 6.77. The molecule has 1 aromatic carbocycles. The Morgan fingerprint density at radius 1 is 1.24 bits per heavy atom. The molecule has 0 radical (unpaired) electrons. The van der Waals surface area contributed by atoms with Crippen molar-refractivity contribution in [2.45, 2.75) is 24.2 Å². The first-order valence-electron chi connectivity index (χ1n) is 6.88. The van der Waals surface area contributed by atoms with Crippen LogP contribution >= 0.6 is 11.6 Å². The number of carboxylic acid groups (broad SMARTS) is 1. The second-order valence-electron chi connectivity index (χ2n) is 5.17. The smallest absolute Gasteiger partial charge is 0.337 e. The molecule has 0 aromatic heterocycles. The predicted molar refractivity (Wildman–Crippen MR) is 80.8 cm³/mol. The molecule has 0 spiro atoms. The summed E-state index contributed by atoms with van der Waals surface area (Å²) in [5.41, 5.74) is -0.0911. The molecule has 21 heavy (non-hydrogen) atoms.